The molecule has 1 aliphatic rings. The molecule has 0 bridgehead atoms. The van der Waals surface area contributed by atoms with Gasteiger partial charge in [0.25, 0.3) is 10.2 Å². The van der Waals surface area contributed by atoms with Gasteiger partial charge >= 0.3 is 5.97 Å². The topological polar surface area (TPSA) is 98.2 Å². The van der Waals surface area contributed by atoms with Gasteiger partial charge in [-0.2, -0.15) is 17.0 Å². The van der Waals surface area contributed by atoms with Gasteiger partial charge in [-0.25, -0.2) is 0 Å². The van der Waals surface area contributed by atoms with Gasteiger partial charge in [-0.3, -0.25) is 4.79 Å². The number of aliphatic carboxylic acids is 1. The average Bonchev–Trinajstić information content (AvgIpc) is 2.72. The number of carboxylic acids is 1. The van der Waals surface area contributed by atoms with E-state index in [1.54, 1.807) is 0 Å². The molecule has 112 valence electrons. The maximum atomic E-state index is 12.5. The molecule has 0 amide bonds. The third-order valence-corrected chi connectivity index (χ3v) is 5.10. The van der Waals surface area contributed by atoms with E-state index >= 15 is 0 Å². The van der Waals surface area contributed by atoms with Crippen molar-refractivity contribution in [2.24, 2.45) is 0 Å². The van der Waals surface area contributed by atoms with Gasteiger partial charge in [0, 0.05) is 26.1 Å². The van der Waals surface area contributed by atoms with Gasteiger partial charge in [0.05, 0.1) is 6.10 Å². The minimum absolute atomic E-state index is 0.0549. The van der Waals surface area contributed by atoms with Crippen LogP contribution in [0.4, 0.5) is 0 Å². The maximum Gasteiger partial charge on any atom is 0.322 e. The Bertz CT molecular complexity index is 405. The molecule has 0 aromatic carbocycles. The molecular weight excluding hydrogens is 272 g/mol. The maximum absolute atomic E-state index is 12.5. The van der Waals surface area contributed by atoms with Crippen molar-refractivity contribution < 1.29 is 23.4 Å². The second kappa shape index (κ2) is 6.65. The summed E-state index contributed by atoms with van der Waals surface area (Å²) in [5.41, 5.74) is 0. The summed E-state index contributed by atoms with van der Waals surface area (Å²) in [5, 5.41) is 18.6. The summed E-state index contributed by atoms with van der Waals surface area (Å²) in [6, 6.07) is -1.17. The van der Waals surface area contributed by atoms with Crippen LogP contribution in [0.25, 0.3) is 0 Å². The Balaban J connectivity index is 2.99. The monoisotopic (exact) mass is 294 g/mol. The van der Waals surface area contributed by atoms with Gasteiger partial charge < -0.3 is 10.2 Å². The minimum Gasteiger partial charge on any atom is -0.480 e. The molecule has 0 radical (unpaired) electrons. The van der Waals surface area contributed by atoms with E-state index in [-0.39, 0.29) is 13.0 Å². The van der Waals surface area contributed by atoms with Gasteiger partial charge in [-0.05, 0) is 12.8 Å². The van der Waals surface area contributed by atoms with Gasteiger partial charge in [0.15, 0.2) is 0 Å². The van der Waals surface area contributed by atoms with E-state index in [1.165, 1.54) is 4.31 Å². The van der Waals surface area contributed by atoms with E-state index in [1.807, 2.05) is 13.8 Å². The van der Waals surface area contributed by atoms with Crippen molar-refractivity contribution in [1.82, 2.24) is 8.61 Å². The number of hydrogen-bond acceptors (Lipinski definition) is 4. The zero-order valence-corrected chi connectivity index (χ0v) is 12.1. The highest BCUT2D eigenvalue weighted by Gasteiger charge is 2.44. The summed E-state index contributed by atoms with van der Waals surface area (Å²) in [6.07, 6.45) is 0.349. The molecule has 1 heterocycles. The molecule has 1 fully saturated rings. The lowest BCUT2D eigenvalue weighted by molar-refractivity contribution is -0.140. The zero-order valence-electron chi connectivity index (χ0n) is 11.3. The number of carbonyl (C=O) groups is 1. The first-order valence-corrected chi connectivity index (χ1v) is 7.92. The molecule has 1 saturated heterocycles. The molecule has 0 saturated carbocycles. The van der Waals surface area contributed by atoms with Gasteiger partial charge in [-0.15, -0.1) is 0 Å². The van der Waals surface area contributed by atoms with E-state index in [0.717, 1.165) is 4.31 Å². The fraction of sp³-hybridized carbons (Fsp3) is 0.909. The zero-order chi connectivity index (χ0) is 14.6. The van der Waals surface area contributed by atoms with Crippen LogP contribution < -0.4 is 0 Å². The Morgan fingerprint density at radius 1 is 1.32 bits per heavy atom. The number of carboxylic acid groups (broad SMARTS) is 1. The van der Waals surface area contributed by atoms with Gasteiger partial charge in [0.2, 0.25) is 0 Å². The molecule has 1 rings (SSSR count). The summed E-state index contributed by atoms with van der Waals surface area (Å²) in [6.45, 7) is 4.30. The first-order chi connectivity index (χ1) is 8.84. The predicted molar refractivity (Wildman–Crippen MR) is 69.8 cm³/mol. The molecule has 0 aliphatic carbocycles. The summed E-state index contributed by atoms with van der Waals surface area (Å²) >= 11 is 0. The molecule has 0 spiro atoms. The molecule has 0 aromatic rings. The first-order valence-electron chi connectivity index (χ1n) is 6.52. The Hall–Kier alpha value is -0.700. The second-order valence-corrected chi connectivity index (χ2v) is 6.60. The van der Waals surface area contributed by atoms with E-state index in [9.17, 15) is 18.3 Å². The lowest BCUT2D eigenvalue weighted by Gasteiger charge is -2.28. The predicted octanol–water partition coefficient (Wildman–Crippen LogP) is -0.127. The third kappa shape index (κ3) is 3.65. The second-order valence-electron chi connectivity index (χ2n) is 4.72. The Kier molecular flexibility index (Phi) is 5.72. The molecule has 7 nitrogen and oxygen atoms in total. The number of hydrogen-bond donors (Lipinski definition) is 2. The summed E-state index contributed by atoms with van der Waals surface area (Å²) in [5.74, 6) is -1.21. The van der Waals surface area contributed by atoms with E-state index < -0.39 is 28.3 Å². The van der Waals surface area contributed by atoms with Crippen LogP contribution >= 0.6 is 0 Å². The van der Waals surface area contributed by atoms with Crippen LogP contribution in [0.1, 0.15) is 33.1 Å². The van der Waals surface area contributed by atoms with Gasteiger partial charge in [0.1, 0.15) is 6.04 Å². The first kappa shape index (κ1) is 16.4. The van der Waals surface area contributed by atoms with Crippen LogP contribution in [-0.4, -0.2) is 65.0 Å². The van der Waals surface area contributed by atoms with Crippen LogP contribution in [0, 0.1) is 0 Å². The lowest BCUT2D eigenvalue weighted by atomic mass is 10.2. The number of aliphatic hydroxyl groups is 1. The molecule has 2 unspecified atom stereocenters. The van der Waals surface area contributed by atoms with Crippen LogP contribution in [0.5, 0.6) is 0 Å². The normalized spacial score (nSPS) is 25.1. The van der Waals surface area contributed by atoms with Crippen molar-refractivity contribution in [3.8, 4) is 0 Å². The standard InChI is InChI=1S/C11H22N2O5S/c1-3-5-12(6-4-2)19(17,18)13-8-9(14)7-10(13)11(15)16/h9-10,14H,3-8H2,1-2H3,(H,15,16). The highest BCUT2D eigenvalue weighted by Crippen LogP contribution is 2.24. The molecule has 2 atom stereocenters. The Labute approximate surface area is 114 Å². The van der Waals surface area contributed by atoms with Crippen molar-refractivity contribution in [3.05, 3.63) is 0 Å². The van der Waals surface area contributed by atoms with Crippen LogP contribution in [-0.2, 0) is 15.0 Å². The fourth-order valence-corrected chi connectivity index (χ4v) is 4.23. The van der Waals surface area contributed by atoms with Crippen molar-refractivity contribution in [3.63, 3.8) is 0 Å². The molecule has 1 aliphatic heterocycles. The van der Waals surface area contributed by atoms with Crippen LogP contribution in [0.15, 0.2) is 0 Å². The van der Waals surface area contributed by atoms with Crippen LogP contribution in [0.3, 0.4) is 0 Å². The highest BCUT2D eigenvalue weighted by molar-refractivity contribution is 7.86. The van der Waals surface area contributed by atoms with Crippen molar-refractivity contribution in [2.45, 2.75) is 45.3 Å². The number of β-amino-alcohol motifs (C(OH)–C–C–N with tert-alkyl or cyclic N) is 1. The van der Waals surface area contributed by atoms with Gasteiger partial charge in [-0.1, -0.05) is 13.8 Å². The third-order valence-electron chi connectivity index (χ3n) is 3.09. The number of aliphatic hydroxyl groups excluding tert-OH is 1. The van der Waals surface area contributed by atoms with Crippen molar-refractivity contribution in [2.75, 3.05) is 19.6 Å². The molecular formula is C11H22N2O5S. The highest BCUT2D eigenvalue weighted by atomic mass is 32.2. The number of nitrogens with zero attached hydrogens (tertiary/aromatic N) is 2. The molecule has 2 N–H and O–H groups in total. The summed E-state index contributed by atoms with van der Waals surface area (Å²) in [4.78, 5) is 11.1. The average molecular weight is 294 g/mol. The van der Waals surface area contributed by atoms with Crippen molar-refractivity contribution >= 4 is 16.2 Å². The smallest absolute Gasteiger partial charge is 0.322 e. The van der Waals surface area contributed by atoms with E-state index in [2.05, 4.69) is 0 Å². The SMILES string of the molecule is CCCN(CCC)S(=O)(=O)N1CC(O)CC1C(=O)O. The molecule has 8 heteroatoms. The van der Waals surface area contributed by atoms with Crippen LogP contribution in [0.2, 0.25) is 0 Å². The molecule has 0 aromatic heterocycles. The van der Waals surface area contributed by atoms with Crippen molar-refractivity contribution in [1.29, 1.82) is 0 Å². The summed E-state index contributed by atoms with van der Waals surface area (Å²) in [7, 11) is -3.83. The Morgan fingerprint density at radius 3 is 2.26 bits per heavy atom. The fourth-order valence-electron chi connectivity index (χ4n) is 2.25. The Morgan fingerprint density at radius 2 is 1.84 bits per heavy atom. The van der Waals surface area contributed by atoms with E-state index in [4.69, 9.17) is 5.11 Å². The number of rotatable bonds is 7. The lowest BCUT2D eigenvalue weighted by Crippen LogP contribution is -2.49. The minimum atomic E-state index is -3.83. The largest absolute Gasteiger partial charge is 0.480 e. The summed E-state index contributed by atoms with van der Waals surface area (Å²) < 4.78 is 27.1. The van der Waals surface area contributed by atoms with E-state index in [0.29, 0.717) is 25.9 Å². The molecule has 19 heavy (non-hydrogen) atoms. The quantitative estimate of drug-likeness (QED) is 0.682.